The van der Waals surface area contributed by atoms with Gasteiger partial charge in [0.15, 0.2) is 6.61 Å². The first-order valence-corrected chi connectivity index (χ1v) is 7.58. The van der Waals surface area contributed by atoms with Crippen LogP contribution in [0.1, 0.15) is 34.6 Å². The molecule has 0 saturated carbocycles. The number of carbonyl (C=O) groups excluding carboxylic acids is 3. The highest BCUT2D eigenvalue weighted by Crippen LogP contribution is 2.32. The number of aryl methyl sites for hydroxylation is 1. The number of allylic oxidation sites excluding steroid dienone is 1. The molecule has 22 heavy (non-hydrogen) atoms. The molecule has 0 aliphatic rings. The fourth-order valence-corrected chi connectivity index (χ4v) is 2.71. The summed E-state index contributed by atoms with van der Waals surface area (Å²) in [4.78, 5) is 35.9. The quantitative estimate of drug-likeness (QED) is 0.642. The van der Waals surface area contributed by atoms with Gasteiger partial charge < -0.3 is 14.8 Å². The lowest BCUT2D eigenvalue weighted by Crippen LogP contribution is -2.21. The summed E-state index contributed by atoms with van der Waals surface area (Å²) in [6.45, 7) is 6.86. The third kappa shape index (κ3) is 4.70. The van der Waals surface area contributed by atoms with E-state index in [4.69, 9.17) is 9.47 Å². The van der Waals surface area contributed by atoms with Crippen molar-refractivity contribution in [1.29, 1.82) is 0 Å². The number of esters is 2. The van der Waals surface area contributed by atoms with E-state index in [9.17, 15) is 14.4 Å². The first-order valence-electron chi connectivity index (χ1n) is 6.77. The normalized spacial score (nSPS) is 10.5. The van der Waals surface area contributed by atoms with Gasteiger partial charge >= 0.3 is 11.9 Å². The SMILES string of the molecule is CC=CC(=O)OCC(=O)Nc1sc(C)c(C)c1C(=O)OCC. The van der Waals surface area contributed by atoms with Crippen LogP contribution in [0.4, 0.5) is 5.00 Å². The zero-order valence-corrected chi connectivity index (χ0v) is 13.8. The van der Waals surface area contributed by atoms with Gasteiger partial charge in [-0.05, 0) is 33.3 Å². The fourth-order valence-electron chi connectivity index (χ4n) is 1.65. The molecular formula is C15H19NO5S. The van der Waals surface area contributed by atoms with Crippen molar-refractivity contribution in [3.8, 4) is 0 Å². The molecule has 1 rings (SSSR count). The molecule has 1 heterocycles. The van der Waals surface area contributed by atoms with Crippen LogP contribution in [0.5, 0.6) is 0 Å². The Bertz CT molecular complexity index is 603. The lowest BCUT2D eigenvalue weighted by atomic mass is 10.1. The topological polar surface area (TPSA) is 81.7 Å². The predicted molar refractivity (Wildman–Crippen MR) is 84.2 cm³/mol. The van der Waals surface area contributed by atoms with Gasteiger partial charge in [0.1, 0.15) is 5.00 Å². The van der Waals surface area contributed by atoms with Crippen LogP contribution in [-0.4, -0.2) is 31.1 Å². The number of rotatable bonds is 6. The van der Waals surface area contributed by atoms with E-state index in [1.807, 2.05) is 6.92 Å². The summed E-state index contributed by atoms with van der Waals surface area (Å²) in [6.07, 6.45) is 2.74. The van der Waals surface area contributed by atoms with Crippen LogP contribution < -0.4 is 5.32 Å². The first kappa shape index (κ1) is 17.9. The van der Waals surface area contributed by atoms with Gasteiger partial charge in [0.2, 0.25) is 0 Å². The standard InChI is InChI=1S/C15H19NO5S/c1-5-7-12(18)21-8-11(17)16-14-13(15(19)20-6-2)9(3)10(4)22-14/h5,7H,6,8H2,1-4H3,(H,16,17). The van der Waals surface area contributed by atoms with Crippen LogP contribution in [0, 0.1) is 13.8 Å². The molecule has 1 aromatic rings. The number of nitrogens with one attached hydrogen (secondary N) is 1. The highest BCUT2D eigenvalue weighted by Gasteiger charge is 2.22. The first-order chi connectivity index (χ1) is 10.4. The minimum atomic E-state index is -0.596. The van der Waals surface area contributed by atoms with Crippen LogP contribution in [0.25, 0.3) is 0 Å². The van der Waals surface area contributed by atoms with E-state index in [1.54, 1.807) is 20.8 Å². The Morgan fingerprint density at radius 3 is 2.50 bits per heavy atom. The molecule has 0 saturated heterocycles. The number of hydrogen-bond donors (Lipinski definition) is 1. The van der Waals surface area contributed by atoms with Crippen LogP contribution in [0.3, 0.4) is 0 Å². The van der Waals surface area contributed by atoms with Crippen molar-refractivity contribution < 1.29 is 23.9 Å². The monoisotopic (exact) mass is 325 g/mol. The van der Waals surface area contributed by atoms with Gasteiger partial charge in [-0.2, -0.15) is 0 Å². The lowest BCUT2D eigenvalue weighted by Gasteiger charge is -2.07. The molecule has 0 spiro atoms. The van der Waals surface area contributed by atoms with E-state index in [1.165, 1.54) is 23.5 Å². The number of ether oxygens (including phenoxy) is 2. The molecule has 0 radical (unpaired) electrons. The second-order valence-electron chi connectivity index (χ2n) is 4.36. The minimum absolute atomic E-state index is 0.252. The van der Waals surface area contributed by atoms with Crippen molar-refractivity contribution in [2.24, 2.45) is 0 Å². The Morgan fingerprint density at radius 2 is 1.91 bits per heavy atom. The summed E-state index contributed by atoms with van der Waals surface area (Å²) in [6, 6.07) is 0. The number of hydrogen-bond acceptors (Lipinski definition) is 6. The Labute approximate surface area is 133 Å². The largest absolute Gasteiger partial charge is 0.462 e. The van der Waals surface area contributed by atoms with Crippen molar-refractivity contribution in [3.05, 3.63) is 28.2 Å². The zero-order chi connectivity index (χ0) is 16.7. The van der Waals surface area contributed by atoms with Crippen LogP contribution in [-0.2, 0) is 19.1 Å². The van der Waals surface area contributed by atoms with E-state index in [-0.39, 0.29) is 6.61 Å². The van der Waals surface area contributed by atoms with Crippen LogP contribution in [0.15, 0.2) is 12.2 Å². The zero-order valence-electron chi connectivity index (χ0n) is 13.0. The summed E-state index contributed by atoms with van der Waals surface area (Å²) in [7, 11) is 0. The second-order valence-corrected chi connectivity index (χ2v) is 5.59. The molecule has 0 aromatic carbocycles. The molecule has 0 fully saturated rings. The van der Waals surface area contributed by atoms with E-state index in [2.05, 4.69) is 5.32 Å². The molecule has 0 aliphatic heterocycles. The molecule has 7 heteroatoms. The highest BCUT2D eigenvalue weighted by atomic mass is 32.1. The third-order valence-corrected chi connectivity index (χ3v) is 3.89. The molecule has 1 N–H and O–H groups in total. The van der Waals surface area contributed by atoms with Gasteiger partial charge in [0, 0.05) is 11.0 Å². The minimum Gasteiger partial charge on any atom is -0.462 e. The molecular weight excluding hydrogens is 306 g/mol. The molecule has 120 valence electrons. The predicted octanol–water partition coefficient (Wildman–Crippen LogP) is 2.60. The Morgan fingerprint density at radius 1 is 1.23 bits per heavy atom. The van der Waals surface area contributed by atoms with Gasteiger partial charge in [-0.1, -0.05) is 6.08 Å². The molecule has 0 atom stereocenters. The van der Waals surface area contributed by atoms with E-state index >= 15 is 0 Å². The molecule has 6 nitrogen and oxygen atoms in total. The van der Waals surface area contributed by atoms with Crippen molar-refractivity contribution in [1.82, 2.24) is 0 Å². The van der Waals surface area contributed by atoms with Crippen LogP contribution in [0.2, 0.25) is 0 Å². The maximum Gasteiger partial charge on any atom is 0.341 e. The molecule has 0 unspecified atom stereocenters. The van der Waals surface area contributed by atoms with Crippen molar-refractivity contribution in [2.45, 2.75) is 27.7 Å². The van der Waals surface area contributed by atoms with Gasteiger partial charge in [-0.25, -0.2) is 9.59 Å². The van der Waals surface area contributed by atoms with E-state index in [0.29, 0.717) is 10.6 Å². The number of carbonyl (C=O) groups is 3. The second kappa shape index (κ2) is 8.33. The van der Waals surface area contributed by atoms with E-state index in [0.717, 1.165) is 10.4 Å². The van der Waals surface area contributed by atoms with Gasteiger partial charge in [-0.15, -0.1) is 11.3 Å². The average molecular weight is 325 g/mol. The lowest BCUT2D eigenvalue weighted by molar-refractivity contribution is -0.142. The average Bonchev–Trinajstić information content (AvgIpc) is 2.72. The fraction of sp³-hybridized carbons (Fsp3) is 0.400. The molecule has 0 bridgehead atoms. The third-order valence-electron chi connectivity index (χ3n) is 2.77. The Balaban J connectivity index is 2.80. The number of anilines is 1. The summed E-state index contributed by atoms with van der Waals surface area (Å²) in [5.74, 6) is -1.59. The van der Waals surface area contributed by atoms with Gasteiger partial charge in [0.05, 0.1) is 12.2 Å². The maximum atomic E-state index is 12.0. The molecule has 1 amide bonds. The smallest absolute Gasteiger partial charge is 0.341 e. The van der Waals surface area contributed by atoms with Crippen molar-refractivity contribution in [3.63, 3.8) is 0 Å². The van der Waals surface area contributed by atoms with Gasteiger partial charge in [-0.3, -0.25) is 4.79 Å². The highest BCUT2D eigenvalue weighted by molar-refractivity contribution is 7.16. The summed E-state index contributed by atoms with van der Waals surface area (Å²) >= 11 is 1.28. The maximum absolute atomic E-state index is 12.0. The van der Waals surface area contributed by atoms with E-state index < -0.39 is 24.5 Å². The number of amides is 1. The van der Waals surface area contributed by atoms with Crippen molar-refractivity contribution >= 4 is 34.2 Å². The Hall–Kier alpha value is -2.15. The van der Waals surface area contributed by atoms with Gasteiger partial charge in [0.25, 0.3) is 5.91 Å². The molecule has 1 aromatic heterocycles. The molecule has 0 aliphatic carbocycles. The Kier molecular flexibility index (Phi) is 6.78. The number of thiophene rings is 1. The van der Waals surface area contributed by atoms with Crippen molar-refractivity contribution in [2.75, 3.05) is 18.5 Å². The summed E-state index contributed by atoms with van der Waals surface area (Å²) in [5, 5.41) is 2.99. The summed E-state index contributed by atoms with van der Waals surface area (Å²) in [5.41, 5.74) is 1.11. The summed E-state index contributed by atoms with van der Waals surface area (Å²) < 4.78 is 9.75. The van der Waals surface area contributed by atoms with Crippen LogP contribution >= 0.6 is 11.3 Å².